The van der Waals surface area contributed by atoms with Gasteiger partial charge in [0, 0.05) is 18.9 Å². The van der Waals surface area contributed by atoms with Crippen molar-refractivity contribution < 1.29 is 54.1 Å². The van der Waals surface area contributed by atoms with Crippen LogP contribution in [-0.2, 0) is 14.3 Å². The van der Waals surface area contributed by atoms with Crippen LogP contribution in [0.3, 0.4) is 0 Å². The van der Waals surface area contributed by atoms with E-state index < -0.39 is 24.3 Å². The van der Waals surface area contributed by atoms with Gasteiger partial charge in [0.1, 0.15) is 0 Å². The molecule has 0 radical (unpaired) electrons. The zero-order chi connectivity index (χ0) is 17.5. The van der Waals surface area contributed by atoms with Crippen LogP contribution in [0, 0.1) is 0 Å². The predicted octanol–water partition coefficient (Wildman–Crippen LogP) is -1.37. The minimum atomic E-state index is -1.40. The zero-order valence-electron chi connectivity index (χ0n) is 15.3. The van der Waals surface area contributed by atoms with Crippen LogP contribution in [0.5, 0.6) is 0 Å². The van der Waals surface area contributed by atoms with Crippen LogP contribution in [0.2, 0.25) is 0 Å². The van der Waals surface area contributed by atoms with Crippen LogP contribution in [0.25, 0.3) is 0 Å². The second kappa shape index (κ2) is 17.7. The van der Waals surface area contributed by atoms with E-state index in [1.54, 1.807) is 0 Å². The molecular formula is C17H32NNaO5. The average molecular weight is 353 g/mol. The molecule has 0 rings (SSSR count). The van der Waals surface area contributed by atoms with E-state index in [1.807, 2.05) is 0 Å². The van der Waals surface area contributed by atoms with Gasteiger partial charge in [-0.05, 0) is 12.8 Å². The Morgan fingerprint density at radius 3 is 2.00 bits per heavy atom. The van der Waals surface area contributed by atoms with Gasteiger partial charge in [0.25, 0.3) is 0 Å². The minimum Gasteiger partial charge on any atom is -0.548 e. The van der Waals surface area contributed by atoms with Crippen molar-refractivity contribution >= 4 is 11.9 Å². The molecular weight excluding hydrogens is 321 g/mol. The molecule has 0 aromatic rings. The molecule has 0 fully saturated rings. The van der Waals surface area contributed by atoms with E-state index in [9.17, 15) is 19.8 Å². The van der Waals surface area contributed by atoms with Gasteiger partial charge in [0.05, 0.1) is 5.97 Å². The number of carboxylic acids is 1. The van der Waals surface area contributed by atoms with E-state index in [2.05, 4.69) is 6.92 Å². The van der Waals surface area contributed by atoms with E-state index in [-0.39, 0.29) is 42.4 Å². The third-order valence-corrected chi connectivity index (χ3v) is 3.78. The van der Waals surface area contributed by atoms with Crippen LogP contribution in [-0.4, -0.2) is 29.4 Å². The van der Waals surface area contributed by atoms with Gasteiger partial charge in [0.15, 0.2) is 0 Å². The fourth-order valence-electron chi connectivity index (χ4n) is 2.29. The summed E-state index contributed by atoms with van der Waals surface area (Å²) >= 11 is 0. The Morgan fingerprint density at radius 2 is 1.50 bits per heavy atom. The number of esters is 1. The fraction of sp³-hybridized carbons (Fsp3) is 0.882. The molecule has 0 spiro atoms. The Bertz CT molecular complexity index is 328. The van der Waals surface area contributed by atoms with E-state index in [0.29, 0.717) is 6.42 Å². The van der Waals surface area contributed by atoms with Crippen LogP contribution >= 0.6 is 0 Å². The van der Waals surface area contributed by atoms with Crippen LogP contribution in [0.4, 0.5) is 0 Å². The Labute approximate surface area is 167 Å². The Kier molecular flexibility index (Phi) is 19.2. The molecule has 0 aliphatic rings. The summed E-state index contributed by atoms with van der Waals surface area (Å²) in [6.45, 7) is 2.20. The molecule has 0 saturated heterocycles. The molecule has 0 aliphatic heterocycles. The Morgan fingerprint density at radius 1 is 1.00 bits per heavy atom. The van der Waals surface area contributed by atoms with Gasteiger partial charge in [-0.25, -0.2) is 0 Å². The topological polar surface area (TPSA) is 113 Å². The number of hydrogen-bond donors (Lipinski definition) is 2. The monoisotopic (exact) mass is 353 g/mol. The zero-order valence-corrected chi connectivity index (χ0v) is 17.3. The fourth-order valence-corrected chi connectivity index (χ4v) is 2.29. The molecule has 3 N–H and O–H groups in total. The van der Waals surface area contributed by atoms with Crippen LogP contribution in [0.1, 0.15) is 84.0 Å². The number of unbranched alkanes of at least 4 members (excludes halogenated alkanes) is 8. The Hall–Kier alpha value is -0.140. The van der Waals surface area contributed by atoms with Gasteiger partial charge in [-0.15, -0.1) is 0 Å². The summed E-state index contributed by atoms with van der Waals surface area (Å²) in [7, 11) is 0. The van der Waals surface area contributed by atoms with Crippen molar-refractivity contribution in [3.05, 3.63) is 0 Å². The number of aliphatic carboxylic acids is 1. The molecule has 0 aromatic carbocycles. The number of carbonyl (C=O) groups excluding carboxylic acids is 2. The molecule has 0 aliphatic carbocycles. The SMILES string of the molecule is CCCCCCCCCCCC(O)OC(=O)CC[C@H](N)C(=O)[O-].[Na+]. The first kappa shape index (κ1) is 26.1. The van der Waals surface area contributed by atoms with Crippen molar-refractivity contribution in [2.24, 2.45) is 5.73 Å². The minimum absolute atomic E-state index is 0. The van der Waals surface area contributed by atoms with Crippen molar-refractivity contribution in [3.63, 3.8) is 0 Å². The van der Waals surface area contributed by atoms with Gasteiger partial charge < -0.3 is 25.5 Å². The van der Waals surface area contributed by atoms with Crippen LogP contribution in [0.15, 0.2) is 0 Å². The molecule has 0 saturated carbocycles. The average Bonchev–Trinajstić information content (AvgIpc) is 2.50. The van der Waals surface area contributed by atoms with Crippen LogP contribution < -0.4 is 40.4 Å². The summed E-state index contributed by atoms with van der Waals surface area (Å²) < 4.78 is 4.80. The van der Waals surface area contributed by atoms with Gasteiger partial charge in [-0.2, -0.15) is 0 Å². The first-order valence-corrected chi connectivity index (χ1v) is 8.81. The molecule has 2 atom stereocenters. The first-order valence-electron chi connectivity index (χ1n) is 8.81. The molecule has 136 valence electrons. The second-order valence-electron chi connectivity index (χ2n) is 6.03. The maximum atomic E-state index is 11.4. The number of nitrogens with two attached hydrogens (primary N) is 1. The third kappa shape index (κ3) is 16.7. The van der Waals surface area contributed by atoms with E-state index in [1.165, 1.54) is 38.5 Å². The largest absolute Gasteiger partial charge is 1.00 e. The van der Waals surface area contributed by atoms with Crippen molar-refractivity contribution in [2.75, 3.05) is 0 Å². The smallest absolute Gasteiger partial charge is 0.548 e. The molecule has 1 unspecified atom stereocenters. The van der Waals surface area contributed by atoms with Crippen molar-refractivity contribution in [3.8, 4) is 0 Å². The standard InChI is InChI=1S/C17H33NO5.Na/c1-2-3-4-5-6-7-8-9-10-11-15(19)23-16(20)13-12-14(18)17(21)22;/h14-15,19H,2-13,18H2,1H3,(H,21,22);/q;+1/p-1/t14-,15?;/m0./s1. The molecule has 0 heterocycles. The number of aliphatic hydroxyl groups excluding tert-OH is 1. The first-order chi connectivity index (χ1) is 11.0. The maximum Gasteiger partial charge on any atom is 1.00 e. The van der Waals surface area contributed by atoms with E-state index in [0.717, 1.165) is 19.3 Å². The Balaban J connectivity index is 0. The van der Waals surface area contributed by atoms with Gasteiger partial charge in [0.2, 0.25) is 6.29 Å². The molecule has 24 heavy (non-hydrogen) atoms. The summed E-state index contributed by atoms with van der Waals surface area (Å²) in [6.07, 6.45) is 9.70. The van der Waals surface area contributed by atoms with Crippen molar-refractivity contribution in [2.45, 2.75) is 96.3 Å². The molecule has 0 bridgehead atoms. The summed E-state index contributed by atoms with van der Waals surface area (Å²) in [6, 6.07) is -1.18. The molecule has 7 heteroatoms. The molecule has 6 nitrogen and oxygen atoms in total. The molecule has 0 aromatic heterocycles. The van der Waals surface area contributed by atoms with Gasteiger partial charge in [-0.1, -0.05) is 58.3 Å². The quantitative estimate of drug-likeness (QED) is 0.163. The maximum absolute atomic E-state index is 11.4. The molecule has 0 amide bonds. The number of rotatable bonds is 15. The number of carbonyl (C=O) groups is 2. The summed E-state index contributed by atoms with van der Waals surface area (Å²) in [5.41, 5.74) is 5.23. The third-order valence-electron chi connectivity index (χ3n) is 3.78. The van der Waals surface area contributed by atoms with E-state index in [4.69, 9.17) is 10.5 Å². The van der Waals surface area contributed by atoms with E-state index >= 15 is 0 Å². The second-order valence-corrected chi connectivity index (χ2v) is 6.03. The predicted molar refractivity (Wildman–Crippen MR) is 86.2 cm³/mol. The van der Waals surface area contributed by atoms with Gasteiger partial charge in [-0.3, -0.25) is 4.79 Å². The summed E-state index contributed by atoms with van der Waals surface area (Å²) in [4.78, 5) is 21.8. The van der Waals surface area contributed by atoms with Crippen molar-refractivity contribution in [1.29, 1.82) is 0 Å². The number of ether oxygens (including phenoxy) is 1. The normalized spacial score (nSPS) is 13.0. The van der Waals surface area contributed by atoms with Crippen molar-refractivity contribution in [1.82, 2.24) is 0 Å². The summed E-state index contributed by atoms with van der Waals surface area (Å²) in [5.74, 6) is -2.03. The number of hydrogen-bond acceptors (Lipinski definition) is 6. The van der Waals surface area contributed by atoms with Gasteiger partial charge >= 0.3 is 35.5 Å². The summed E-state index contributed by atoms with van der Waals surface area (Å²) in [5, 5.41) is 20.0. The number of carboxylic acid groups (broad SMARTS) is 1. The number of aliphatic hydroxyl groups is 1.